The van der Waals surface area contributed by atoms with E-state index in [9.17, 15) is 14.4 Å². The van der Waals surface area contributed by atoms with Gasteiger partial charge in [-0.05, 0) is 24.3 Å². The molecule has 2 heterocycles. The van der Waals surface area contributed by atoms with E-state index in [1.807, 2.05) is 24.3 Å². The first kappa shape index (κ1) is 17.8. The minimum absolute atomic E-state index is 0.00427. The Kier molecular flexibility index (Phi) is 4.84. The van der Waals surface area contributed by atoms with Gasteiger partial charge in [0.2, 0.25) is 5.91 Å². The molecule has 0 saturated heterocycles. The van der Waals surface area contributed by atoms with Gasteiger partial charge in [0.15, 0.2) is 11.5 Å². The molecule has 1 amide bonds. The number of carbonyl (C=O) groups is 1. The lowest BCUT2D eigenvalue weighted by molar-refractivity contribution is -0.121. The third-order valence-electron chi connectivity index (χ3n) is 4.55. The molecule has 0 unspecified atom stereocenters. The highest BCUT2D eigenvalue weighted by molar-refractivity contribution is 5.77. The largest absolute Gasteiger partial charge is 0.486 e. The van der Waals surface area contributed by atoms with Crippen molar-refractivity contribution in [1.82, 2.24) is 14.9 Å². The third-order valence-corrected chi connectivity index (χ3v) is 4.55. The van der Waals surface area contributed by atoms with E-state index in [2.05, 4.69) is 10.3 Å². The Hall–Kier alpha value is -3.55. The topological polar surface area (TPSA) is 102 Å². The number of benzene rings is 2. The van der Waals surface area contributed by atoms with Crippen LogP contribution in [0.2, 0.25) is 0 Å². The summed E-state index contributed by atoms with van der Waals surface area (Å²) in [4.78, 5) is 39.4. The zero-order chi connectivity index (χ0) is 19.5. The molecular weight excluding hydrogens is 362 g/mol. The summed E-state index contributed by atoms with van der Waals surface area (Å²) in [7, 11) is 0. The van der Waals surface area contributed by atoms with Gasteiger partial charge in [-0.1, -0.05) is 24.3 Å². The van der Waals surface area contributed by atoms with Crippen molar-refractivity contribution in [3.8, 4) is 11.5 Å². The predicted molar refractivity (Wildman–Crippen MR) is 103 cm³/mol. The summed E-state index contributed by atoms with van der Waals surface area (Å²) in [6.07, 6.45) is -0.295. The number of aromatic amines is 1. The number of rotatable bonds is 5. The summed E-state index contributed by atoms with van der Waals surface area (Å²) in [5.41, 5.74) is -0.460. The van der Waals surface area contributed by atoms with Gasteiger partial charge in [-0.3, -0.25) is 14.2 Å². The molecule has 0 fully saturated rings. The van der Waals surface area contributed by atoms with E-state index >= 15 is 0 Å². The number of aromatic nitrogens is 2. The maximum Gasteiger partial charge on any atom is 0.328 e. The molecule has 1 atom stereocenters. The second kappa shape index (κ2) is 7.59. The van der Waals surface area contributed by atoms with E-state index in [1.54, 1.807) is 24.3 Å². The van der Waals surface area contributed by atoms with Gasteiger partial charge in [-0.2, -0.15) is 0 Å². The van der Waals surface area contributed by atoms with E-state index in [0.717, 1.165) is 4.57 Å². The summed E-state index contributed by atoms with van der Waals surface area (Å²) < 4.78 is 12.4. The van der Waals surface area contributed by atoms with E-state index in [4.69, 9.17) is 9.47 Å². The van der Waals surface area contributed by atoms with Crippen LogP contribution in [0.25, 0.3) is 10.9 Å². The Morgan fingerprint density at radius 2 is 1.86 bits per heavy atom. The van der Waals surface area contributed by atoms with Gasteiger partial charge in [0.25, 0.3) is 5.56 Å². The number of amides is 1. The first-order valence-corrected chi connectivity index (χ1v) is 8.99. The van der Waals surface area contributed by atoms with Crippen LogP contribution in [-0.4, -0.2) is 34.7 Å². The molecule has 1 aliphatic rings. The van der Waals surface area contributed by atoms with Crippen molar-refractivity contribution in [3.05, 3.63) is 69.4 Å². The van der Waals surface area contributed by atoms with Crippen molar-refractivity contribution in [3.63, 3.8) is 0 Å². The lowest BCUT2D eigenvalue weighted by atomic mass is 10.2. The molecule has 3 aromatic rings. The molecule has 28 heavy (non-hydrogen) atoms. The summed E-state index contributed by atoms with van der Waals surface area (Å²) in [5, 5.41) is 3.17. The molecule has 0 spiro atoms. The standard InChI is InChI=1S/C20H19N3O5/c24-18(21-11-13-12-27-16-7-3-4-8-17(16)28-13)9-10-23-19(25)14-5-1-2-6-15(14)22-20(23)26/h1-8,13H,9-12H2,(H,21,24)(H,22,26)/t13-/m1/s1. The van der Waals surface area contributed by atoms with Crippen LogP contribution >= 0.6 is 0 Å². The maximum absolute atomic E-state index is 12.5. The minimum atomic E-state index is -0.530. The fourth-order valence-electron chi connectivity index (χ4n) is 3.10. The minimum Gasteiger partial charge on any atom is -0.486 e. The van der Waals surface area contributed by atoms with Crippen LogP contribution in [0.1, 0.15) is 6.42 Å². The van der Waals surface area contributed by atoms with Crippen molar-refractivity contribution in [2.75, 3.05) is 13.2 Å². The Bertz CT molecular complexity index is 1130. The molecule has 0 radical (unpaired) electrons. The van der Waals surface area contributed by atoms with E-state index in [0.29, 0.717) is 29.0 Å². The van der Waals surface area contributed by atoms with Crippen molar-refractivity contribution in [2.24, 2.45) is 0 Å². The third kappa shape index (κ3) is 3.62. The molecule has 2 aromatic carbocycles. The monoisotopic (exact) mass is 381 g/mol. The second-order valence-electron chi connectivity index (χ2n) is 6.48. The number of ether oxygens (including phenoxy) is 2. The molecule has 0 bridgehead atoms. The van der Waals surface area contributed by atoms with Gasteiger partial charge >= 0.3 is 5.69 Å². The summed E-state index contributed by atoms with van der Waals surface area (Å²) >= 11 is 0. The molecule has 4 rings (SSSR count). The van der Waals surface area contributed by atoms with Crippen LogP contribution in [-0.2, 0) is 11.3 Å². The lowest BCUT2D eigenvalue weighted by Crippen LogP contribution is -2.41. The normalized spacial score (nSPS) is 15.4. The first-order chi connectivity index (χ1) is 13.6. The van der Waals surface area contributed by atoms with E-state index in [1.165, 1.54) is 0 Å². The Labute approximate surface area is 159 Å². The average Bonchev–Trinajstić information content (AvgIpc) is 2.72. The van der Waals surface area contributed by atoms with Crippen molar-refractivity contribution in [2.45, 2.75) is 19.1 Å². The SMILES string of the molecule is O=C(CCn1c(=O)[nH]c2ccccc2c1=O)NC[C@@H]1COc2ccccc2O1. The fourth-order valence-corrected chi connectivity index (χ4v) is 3.10. The predicted octanol–water partition coefficient (Wildman–Crippen LogP) is 1.04. The van der Waals surface area contributed by atoms with Crippen molar-refractivity contribution >= 4 is 16.8 Å². The molecule has 0 saturated carbocycles. The molecule has 2 N–H and O–H groups in total. The highest BCUT2D eigenvalue weighted by Crippen LogP contribution is 2.30. The molecule has 1 aromatic heterocycles. The van der Waals surface area contributed by atoms with Crippen molar-refractivity contribution < 1.29 is 14.3 Å². The maximum atomic E-state index is 12.5. The Morgan fingerprint density at radius 3 is 2.71 bits per heavy atom. The number of H-pyrrole nitrogens is 1. The quantitative estimate of drug-likeness (QED) is 0.687. The summed E-state index contributed by atoms with van der Waals surface area (Å²) in [6, 6.07) is 14.1. The molecule has 0 aliphatic carbocycles. The second-order valence-corrected chi connectivity index (χ2v) is 6.48. The fraction of sp³-hybridized carbons (Fsp3) is 0.250. The van der Waals surface area contributed by atoms with Crippen LogP contribution in [0.15, 0.2) is 58.1 Å². The Balaban J connectivity index is 1.35. The number of nitrogens with zero attached hydrogens (tertiary/aromatic N) is 1. The molecule has 144 valence electrons. The first-order valence-electron chi connectivity index (χ1n) is 8.99. The number of hydrogen-bond acceptors (Lipinski definition) is 5. The zero-order valence-corrected chi connectivity index (χ0v) is 15.0. The van der Waals surface area contributed by atoms with E-state index < -0.39 is 11.2 Å². The van der Waals surface area contributed by atoms with Crippen LogP contribution in [0.4, 0.5) is 0 Å². The lowest BCUT2D eigenvalue weighted by Gasteiger charge is -2.26. The van der Waals surface area contributed by atoms with Gasteiger partial charge in [-0.25, -0.2) is 4.79 Å². The summed E-state index contributed by atoms with van der Waals surface area (Å²) in [6.45, 7) is 0.604. The van der Waals surface area contributed by atoms with Crippen molar-refractivity contribution in [1.29, 1.82) is 0 Å². The van der Waals surface area contributed by atoms with Gasteiger partial charge < -0.3 is 19.8 Å². The molecular formula is C20H19N3O5. The summed E-state index contributed by atoms with van der Waals surface area (Å²) in [5.74, 6) is 1.05. The van der Waals surface area contributed by atoms with Crippen LogP contribution in [0.5, 0.6) is 11.5 Å². The van der Waals surface area contributed by atoms with Crippen LogP contribution < -0.4 is 26.0 Å². The molecule has 8 nitrogen and oxygen atoms in total. The van der Waals surface area contributed by atoms with Gasteiger partial charge in [0, 0.05) is 13.0 Å². The molecule has 8 heteroatoms. The Morgan fingerprint density at radius 1 is 1.11 bits per heavy atom. The average molecular weight is 381 g/mol. The number of fused-ring (bicyclic) bond motifs is 2. The van der Waals surface area contributed by atoms with Gasteiger partial charge in [0.1, 0.15) is 12.7 Å². The van der Waals surface area contributed by atoms with Gasteiger partial charge in [-0.15, -0.1) is 0 Å². The highest BCUT2D eigenvalue weighted by Gasteiger charge is 2.21. The van der Waals surface area contributed by atoms with Crippen LogP contribution in [0, 0.1) is 0 Å². The molecule has 1 aliphatic heterocycles. The number of hydrogen-bond donors (Lipinski definition) is 2. The van der Waals surface area contributed by atoms with Crippen LogP contribution in [0.3, 0.4) is 0 Å². The smallest absolute Gasteiger partial charge is 0.328 e. The van der Waals surface area contributed by atoms with E-state index in [-0.39, 0.29) is 31.5 Å². The zero-order valence-electron chi connectivity index (χ0n) is 15.0. The van der Waals surface area contributed by atoms with Gasteiger partial charge in [0.05, 0.1) is 17.4 Å². The number of nitrogens with one attached hydrogen (secondary N) is 2. The highest BCUT2D eigenvalue weighted by atomic mass is 16.6. The number of para-hydroxylation sites is 3. The number of carbonyl (C=O) groups excluding carboxylic acids is 1.